The van der Waals surface area contributed by atoms with Crippen molar-refractivity contribution in [3.8, 4) is 0 Å². The molecule has 1 aliphatic heterocycles. The summed E-state index contributed by atoms with van der Waals surface area (Å²) in [6, 6.07) is 3.49. The smallest absolute Gasteiger partial charge is 0.242 e. The lowest BCUT2D eigenvalue weighted by Gasteiger charge is -2.10. The number of carbonyl (C=O) groups excluding carboxylic acids is 1. The van der Waals surface area contributed by atoms with E-state index >= 15 is 0 Å². The first-order valence-corrected chi connectivity index (χ1v) is 8.67. The Labute approximate surface area is 128 Å². The van der Waals surface area contributed by atoms with Gasteiger partial charge >= 0.3 is 0 Å². The lowest BCUT2D eigenvalue weighted by atomic mass is 10.2. The van der Waals surface area contributed by atoms with Crippen LogP contribution in [0.25, 0.3) is 0 Å². The largest absolute Gasteiger partial charge is 0.325 e. The van der Waals surface area contributed by atoms with Crippen molar-refractivity contribution in [2.45, 2.75) is 30.2 Å². The number of rotatable bonds is 6. The molecule has 1 aromatic rings. The SMILES string of the molecule is O=C1Cc2cc(S(=O)(=O)NCCNC3CC3)c(Cl)cc2N1. The summed E-state index contributed by atoms with van der Waals surface area (Å²) in [7, 11) is -3.67. The normalized spacial score (nSPS) is 17.7. The molecule has 21 heavy (non-hydrogen) atoms. The fourth-order valence-electron chi connectivity index (χ4n) is 2.26. The van der Waals surface area contributed by atoms with Gasteiger partial charge in [-0.05, 0) is 30.5 Å². The van der Waals surface area contributed by atoms with Gasteiger partial charge in [-0.3, -0.25) is 4.79 Å². The summed E-state index contributed by atoms with van der Waals surface area (Å²) in [5.74, 6) is -0.155. The van der Waals surface area contributed by atoms with Crippen LogP contribution < -0.4 is 15.4 Å². The van der Waals surface area contributed by atoms with Crippen molar-refractivity contribution in [1.29, 1.82) is 0 Å². The van der Waals surface area contributed by atoms with Gasteiger partial charge in [0.25, 0.3) is 0 Å². The van der Waals surface area contributed by atoms with Crippen LogP contribution in [-0.2, 0) is 21.2 Å². The van der Waals surface area contributed by atoms with Gasteiger partial charge < -0.3 is 10.6 Å². The molecule has 0 unspecified atom stereocenters. The molecular weight excluding hydrogens is 314 g/mol. The molecule has 1 aliphatic carbocycles. The van der Waals surface area contributed by atoms with Gasteiger partial charge in [0.2, 0.25) is 15.9 Å². The van der Waals surface area contributed by atoms with Crippen LogP contribution in [0.4, 0.5) is 5.69 Å². The highest BCUT2D eigenvalue weighted by molar-refractivity contribution is 7.89. The minimum Gasteiger partial charge on any atom is -0.325 e. The molecule has 0 aromatic heterocycles. The van der Waals surface area contributed by atoms with E-state index in [0.29, 0.717) is 30.4 Å². The van der Waals surface area contributed by atoms with E-state index < -0.39 is 10.0 Å². The molecule has 8 heteroatoms. The maximum absolute atomic E-state index is 12.3. The van der Waals surface area contributed by atoms with Gasteiger partial charge in [0, 0.05) is 24.8 Å². The van der Waals surface area contributed by atoms with Crippen LogP contribution >= 0.6 is 11.6 Å². The fraction of sp³-hybridized carbons (Fsp3) is 0.462. The second kappa shape index (κ2) is 5.57. The first kappa shape index (κ1) is 14.8. The molecule has 6 nitrogen and oxygen atoms in total. The minimum absolute atomic E-state index is 0.0193. The molecule has 1 heterocycles. The Kier molecular flexibility index (Phi) is 3.92. The van der Waals surface area contributed by atoms with Crippen LogP contribution in [0, 0.1) is 0 Å². The van der Waals surface area contributed by atoms with Gasteiger partial charge in [0.15, 0.2) is 0 Å². The third-order valence-electron chi connectivity index (χ3n) is 3.50. The highest BCUT2D eigenvalue weighted by atomic mass is 35.5. The van der Waals surface area contributed by atoms with Gasteiger partial charge in [-0.1, -0.05) is 11.6 Å². The molecule has 0 radical (unpaired) electrons. The van der Waals surface area contributed by atoms with Crippen molar-refractivity contribution >= 4 is 33.2 Å². The third kappa shape index (κ3) is 3.37. The summed E-state index contributed by atoms with van der Waals surface area (Å²) in [6.07, 6.45) is 2.49. The zero-order chi connectivity index (χ0) is 15.0. The van der Waals surface area contributed by atoms with E-state index in [1.165, 1.54) is 12.1 Å². The predicted octanol–water partition coefficient (Wildman–Crippen LogP) is 0.865. The number of nitrogens with one attached hydrogen (secondary N) is 3. The quantitative estimate of drug-likeness (QED) is 0.676. The Bertz CT molecular complexity index is 686. The monoisotopic (exact) mass is 329 g/mol. The Morgan fingerprint density at radius 2 is 2.05 bits per heavy atom. The molecule has 1 amide bonds. The average Bonchev–Trinajstić information content (AvgIpc) is 3.15. The van der Waals surface area contributed by atoms with Crippen molar-refractivity contribution < 1.29 is 13.2 Å². The summed E-state index contributed by atoms with van der Waals surface area (Å²) < 4.78 is 27.1. The van der Waals surface area contributed by atoms with E-state index in [1.54, 1.807) is 0 Å². The molecule has 0 saturated heterocycles. The molecule has 0 bridgehead atoms. The van der Waals surface area contributed by atoms with Gasteiger partial charge in [-0.15, -0.1) is 0 Å². The first-order chi connectivity index (χ1) is 9.95. The van der Waals surface area contributed by atoms with E-state index in [9.17, 15) is 13.2 Å². The Hall–Kier alpha value is -1.15. The third-order valence-corrected chi connectivity index (χ3v) is 5.43. The van der Waals surface area contributed by atoms with E-state index in [2.05, 4.69) is 15.4 Å². The number of hydrogen-bond donors (Lipinski definition) is 3. The predicted molar refractivity (Wildman–Crippen MR) is 80.0 cm³/mol. The van der Waals surface area contributed by atoms with Crippen LogP contribution in [0.3, 0.4) is 0 Å². The highest BCUT2D eigenvalue weighted by Crippen LogP contribution is 2.32. The van der Waals surface area contributed by atoms with Crippen molar-refractivity contribution in [2.75, 3.05) is 18.4 Å². The van der Waals surface area contributed by atoms with E-state index in [0.717, 1.165) is 12.8 Å². The van der Waals surface area contributed by atoms with Gasteiger partial charge in [-0.25, -0.2) is 13.1 Å². The first-order valence-electron chi connectivity index (χ1n) is 6.81. The maximum atomic E-state index is 12.3. The number of benzene rings is 1. The lowest BCUT2D eigenvalue weighted by Crippen LogP contribution is -2.32. The highest BCUT2D eigenvalue weighted by Gasteiger charge is 2.25. The number of hydrogen-bond acceptors (Lipinski definition) is 4. The standard InChI is InChI=1S/C13H16ClN3O3S/c14-10-7-11-8(6-13(18)17-11)5-12(10)21(19,20)16-4-3-15-9-1-2-9/h5,7,9,15-16H,1-4,6H2,(H,17,18). The molecule has 3 rings (SSSR count). The zero-order valence-electron chi connectivity index (χ0n) is 11.3. The Morgan fingerprint density at radius 3 is 2.76 bits per heavy atom. The van der Waals surface area contributed by atoms with Crippen molar-refractivity contribution in [3.63, 3.8) is 0 Å². The second-order valence-corrected chi connectivity index (χ2v) is 7.43. The van der Waals surface area contributed by atoms with Crippen LogP contribution in [-0.4, -0.2) is 33.5 Å². The van der Waals surface area contributed by atoms with Crippen molar-refractivity contribution in [2.24, 2.45) is 0 Å². The van der Waals surface area contributed by atoms with Crippen LogP contribution in [0.15, 0.2) is 17.0 Å². The molecule has 1 saturated carbocycles. The molecule has 1 aromatic carbocycles. The van der Waals surface area contributed by atoms with E-state index in [-0.39, 0.29) is 22.2 Å². The number of sulfonamides is 1. The summed E-state index contributed by atoms with van der Waals surface area (Å²) in [5.41, 5.74) is 1.24. The number of anilines is 1. The average molecular weight is 330 g/mol. The summed E-state index contributed by atoms with van der Waals surface area (Å²) in [4.78, 5) is 11.3. The number of carbonyl (C=O) groups is 1. The van der Waals surface area contributed by atoms with Crippen LogP contribution in [0.5, 0.6) is 0 Å². The lowest BCUT2D eigenvalue weighted by molar-refractivity contribution is -0.115. The molecule has 0 atom stereocenters. The molecule has 3 N–H and O–H groups in total. The molecular formula is C13H16ClN3O3S. The van der Waals surface area contributed by atoms with Crippen LogP contribution in [0.1, 0.15) is 18.4 Å². The summed E-state index contributed by atoms with van der Waals surface area (Å²) in [5, 5.41) is 5.98. The maximum Gasteiger partial charge on any atom is 0.242 e. The Balaban J connectivity index is 1.72. The van der Waals surface area contributed by atoms with Crippen molar-refractivity contribution in [3.05, 3.63) is 22.7 Å². The fourth-order valence-corrected chi connectivity index (χ4v) is 3.87. The Morgan fingerprint density at radius 1 is 1.29 bits per heavy atom. The molecule has 0 spiro atoms. The second-order valence-electron chi connectivity index (χ2n) is 5.29. The van der Waals surface area contributed by atoms with Crippen LogP contribution in [0.2, 0.25) is 5.02 Å². The van der Waals surface area contributed by atoms with Gasteiger partial charge in [-0.2, -0.15) is 0 Å². The van der Waals surface area contributed by atoms with Gasteiger partial charge in [0.1, 0.15) is 4.90 Å². The number of amides is 1. The number of halogens is 1. The minimum atomic E-state index is -3.67. The summed E-state index contributed by atoms with van der Waals surface area (Å²) in [6.45, 7) is 0.899. The summed E-state index contributed by atoms with van der Waals surface area (Å²) >= 11 is 6.03. The molecule has 114 valence electrons. The van der Waals surface area contributed by atoms with Gasteiger partial charge in [0.05, 0.1) is 11.4 Å². The molecule has 2 aliphatic rings. The zero-order valence-corrected chi connectivity index (χ0v) is 12.9. The topological polar surface area (TPSA) is 87.3 Å². The molecule has 1 fully saturated rings. The van der Waals surface area contributed by atoms with E-state index in [4.69, 9.17) is 11.6 Å². The van der Waals surface area contributed by atoms with Crippen molar-refractivity contribution in [1.82, 2.24) is 10.0 Å². The van der Waals surface area contributed by atoms with E-state index in [1.807, 2.05) is 0 Å². The number of fused-ring (bicyclic) bond motifs is 1.